The van der Waals surface area contributed by atoms with Crippen LogP contribution in [0.3, 0.4) is 0 Å². The van der Waals surface area contributed by atoms with Gasteiger partial charge in [-0.15, -0.1) is 0 Å². The van der Waals surface area contributed by atoms with Gasteiger partial charge in [0.05, 0.1) is 4.90 Å². The molecule has 1 saturated heterocycles. The summed E-state index contributed by atoms with van der Waals surface area (Å²) in [6.45, 7) is 5.55. The highest BCUT2D eigenvalue weighted by Gasteiger charge is 2.29. The van der Waals surface area contributed by atoms with Crippen LogP contribution < -0.4 is 14.4 Å². The summed E-state index contributed by atoms with van der Waals surface area (Å²) >= 11 is 0. The van der Waals surface area contributed by atoms with Crippen LogP contribution in [0.25, 0.3) is 0 Å². The summed E-state index contributed by atoms with van der Waals surface area (Å²) in [4.78, 5) is 11.3. The van der Waals surface area contributed by atoms with E-state index in [9.17, 15) is 8.42 Å². The van der Waals surface area contributed by atoms with Crippen molar-refractivity contribution >= 4 is 15.8 Å². The molecule has 0 radical (unpaired) electrons. The standard InChI is InChI=1S/C28H28N4O4S/c1-21-8-10-25(11-9-21)36-28-20-27(29-22(2)30-28)31-16-18-32(19-17-31)37(33,34)26-14-12-24(13-15-26)35-23-6-4-3-5-7-23/h3-15,20H,16-19H2,1-2H3. The van der Waals surface area contributed by atoms with Crippen molar-refractivity contribution in [3.05, 3.63) is 96.3 Å². The molecule has 0 saturated carbocycles. The number of sulfonamides is 1. The average Bonchev–Trinajstić information content (AvgIpc) is 2.91. The minimum absolute atomic E-state index is 0.244. The lowest BCUT2D eigenvalue weighted by Crippen LogP contribution is -2.49. The van der Waals surface area contributed by atoms with Crippen molar-refractivity contribution in [3.63, 3.8) is 0 Å². The third kappa shape index (κ3) is 5.90. The van der Waals surface area contributed by atoms with Gasteiger partial charge in [-0.2, -0.15) is 9.29 Å². The maximum Gasteiger partial charge on any atom is 0.243 e. The van der Waals surface area contributed by atoms with Gasteiger partial charge in [0.2, 0.25) is 15.9 Å². The molecule has 0 atom stereocenters. The Labute approximate surface area is 217 Å². The molecule has 1 aliphatic heterocycles. The Hall–Kier alpha value is -3.95. The Morgan fingerprint density at radius 1 is 0.703 bits per heavy atom. The molecule has 0 amide bonds. The van der Waals surface area contributed by atoms with Crippen LogP contribution in [0, 0.1) is 13.8 Å². The van der Waals surface area contributed by atoms with E-state index in [1.807, 2.05) is 68.4 Å². The Bertz CT molecular complexity index is 1450. The first-order valence-corrected chi connectivity index (χ1v) is 13.5. The van der Waals surface area contributed by atoms with Gasteiger partial charge in [0.15, 0.2) is 0 Å². The summed E-state index contributed by atoms with van der Waals surface area (Å²) in [5, 5.41) is 0. The van der Waals surface area contributed by atoms with Crippen molar-refractivity contribution in [1.29, 1.82) is 0 Å². The zero-order valence-electron chi connectivity index (χ0n) is 20.7. The van der Waals surface area contributed by atoms with Crippen molar-refractivity contribution in [2.24, 2.45) is 0 Å². The molecule has 1 fully saturated rings. The molecule has 0 bridgehead atoms. The molecule has 1 aromatic heterocycles. The maximum atomic E-state index is 13.3. The van der Waals surface area contributed by atoms with E-state index in [-0.39, 0.29) is 4.90 Å². The number of ether oxygens (including phenoxy) is 2. The Balaban J connectivity index is 1.23. The quantitative estimate of drug-likeness (QED) is 0.334. The van der Waals surface area contributed by atoms with Gasteiger partial charge >= 0.3 is 0 Å². The number of hydrogen-bond acceptors (Lipinski definition) is 7. The van der Waals surface area contributed by atoms with Gasteiger partial charge in [-0.05, 0) is 62.4 Å². The van der Waals surface area contributed by atoms with Crippen LogP contribution in [0.2, 0.25) is 0 Å². The smallest absolute Gasteiger partial charge is 0.243 e. The number of hydrogen-bond donors (Lipinski definition) is 0. The van der Waals surface area contributed by atoms with Crippen molar-refractivity contribution < 1.29 is 17.9 Å². The molecule has 0 N–H and O–H groups in total. The van der Waals surface area contributed by atoms with Gasteiger partial charge in [-0.1, -0.05) is 35.9 Å². The molecule has 37 heavy (non-hydrogen) atoms. The lowest BCUT2D eigenvalue weighted by molar-refractivity contribution is 0.383. The van der Waals surface area contributed by atoms with Crippen molar-refractivity contribution in [3.8, 4) is 23.1 Å². The molecular weight excluding hydrogens is 488 g/mol. The minimum Gasteiger partial charge on any atom is -0.457 e. The largest absolute Gasteiger partial charge is 0.457 e. The minimum atomic E-state index is -3.62. The van der Waals surface area contributed by atoms with Crippen LogP contribution >= 0.6 is 0 Å². The summed E-state index contributed by atoms with van der Waals surface area (Å²) in [7, 11) is -3.62. The van der Waals surface area contributed by atoms with Crippen LogP contribution in [-0.2, 0) is 10.0 Å². The number of aryl methyl sites for hydroxylation is 2. The summed E-state index contributed by atoms with van der Waals surface area (Å²) in [5.41, 5.74) is 1.15. The fraction of sp³-hybridized carbons (Fsp3) is 0.214. The maximum absolute atomic E-state index is 13.3. The second kappa shape index (κ2) is 10.6. The molecule has 0 aliphatic carbocycles. The van der Waals surface area contributed by atoms with E-state index in [4.69, 9.17) is 9.47 Å². The first kappa shape index (κ1) is 24.7. The molecule has 190 valence electrons. The van der Waals surface area contributed by atoms with Crippen LogP contribution in [-0.4, -0.2) is 48.9 Å². The summed E-state index contributed by atoms with van der Waals surface area (Å²) in [5.74, 6) is 3.74. The molecular formula is C28H28N4O4S. The van der Waals surface area contributed by atoms with Crippen molar-refractivity contribution in [2.45, 2.75) is 18.7 Å². The highest BCUT2D eigenvalue weighted by Crippen LogP contribution is 2.27. The molecule has 8 nitrogen and oxygen atoms in total. The van der Waals surface area contributed by atoms with Gasteiger partial charge in [0, 0.05) is 32.2 Å². The lowest BCUT2D eigenvalue weighted by Gasteiger charge is -2.34. The summed E-state index contributed by atoms with van der Waals surface area (Å²) in [6, 6.07) is 25.4. The van der Waals surface area contributed by atoms with E-state index >= 15 is 0 Å². The van der Waals surface area contributed by atoms with Gasteiger partial charge in [0.25, 0.3) is 0 Å². The van der Waals surface area contributed by atoms with Gasteiger partial charge in [-0.3, -0.25) is 0 Å². The van der Waals surface area contributed by atoms with Gasteiger partial charge < -0.3 is 14.4 Å². The zero-order chi connectivity index (χ0) is 25.8. The van der Waals surface area contributed by atoms with E-state index < -0.39 is 10.0 Å². The average molecular weight is 517 g/mol. The molecule has 0 unspecified atom stereocenters. The molecule has 4 aromatic rings. The Kier molecular flexibility index (Phi) is 7.07. The predicted molar refractivity (Wildman–Crippen MR) is 142 cm³/mol. The van der Waals surface area contributed by atoms with E-state index in [0.717, 1.165) is 5.56 Å². The fourth-order valence-electron chi connectivity index (χ4n) is 4.08. The van der Waals surface area contributed by atoms with E-state index in [0.29, 0.717) is 60.9 Å². The first-order valence-electron chi connectivity index (χ1n) is 12.1. The van der Waals surface area contributed by atoms with E-state index in [2.05, 4.69) is 14.9 Å². The van der Waals surface area contributed by atoms with Crippen molar-refractivity contribution in [2.75, 3.05) is 31.1 Å². The third-order valence-corrected chi connectivity index (χ3v) is 7.96. The van der Waals surface area contributed by atoms with Crippen LogP contribution in [0.4, 0.5) is 5.82 Å². The summed E-state index contributed by atoms with van der Waals surface area (Å²) in [6.07, 6.45) is 0. The highest BCUT2D eigenvalue weighted by molar-refractivity contribution is 7.89. The van der Waals surface area contributed by atoms with Crippen LogP contribution in [0.5, 0.6) is 23.1 Å². The molecule has 1 aliphatic rings. The number of para-hydroxylation sites is 1. The third-order valence-electron chi connectivity index (χ3n) is 6.05. The Morgan fingerprint density at radius 2 is 1.30 bits per heavy atom. The highest BCUT2D eigenvalue weighted by atomic mass is 32.2. The van der Waals surface area contributed by atoms with Crippen LogP contribution in [0.15, 0.2) is 89.8 Å². The van der Waals surface area contributed by atoms with E-state index in [1.54, 1.807) is 30.3 Å². The number of anilines is 1. The second-order valence-electron chi connectivity index (χ2n) is 8.80. The normalized spacial score (nSPS) is 14.4. The van der Waals surface area contributed by atoms with Gasteiger partial charge in [-0.25, -0.2) is 13.4 Å². The lowest BCUT2D eigenvalue weighted by atomic mass is 10.2. The first-order chi connectivity index (χ1) is 17.9. The topological polar surface area (TPSA) is 84.9 Å². The number of benzene rings is 3. The van der Waals surface area contributed by atoms with Crippen LogP contribution in [0.1, 0.15) is 11.4 Å². The second-order valence-corrected chi connectivity index (χ2v) is 10.7. The predicted octanol–water partition coefficient (Wildman–Crippen LogP) is 5.19. The number of aromatic nitrogens is 2. The molecule has 9 heteroatoms. The fourth-order valence-corrected chi connectivity index (χ4v) is 5.50. The zero-order valence-corrected chi connectivity index (χ0v) is 21.6. The molecule has 2 heterocycles. The van der Waals surface area contributed by atoms with Crippen molar-refractivity contribution in [1.82, 2.24) is 14.3 Å². The number of piperazine rings is 1. The van der Waals surface area contributed by atoms with Gasteiger partial charge in [0.1, 0.15) is 28.9 Å². The SMILES string of the molecule is Cc1ccc(Oc2cc(N3CCN(S(=O)(=O)c4ccc(Oc5ccccc5)cc4)CC3)nc(C)n2)cc1. The summed E-state index contributed by atoms with van der Waals surface area (Å²) < 4.78 is 39.7. The monoisotopic (exact) mass is 516 g/mol. The molecule has 5 rings (SSSR count). The molecule has 0 spiro atoms. The van der Waals surface area contributed by atoms with E-state index in [1.165, 1.54) is 4.31 Å². The molecule has 3 aromatic carbocycles. The number of rotatable bonds is 7. The number of nitrogens with zero attached hydrogens (tertiary/aromatic N) is 4. The Morgan fingerprint density at radius 3 is 1.97 bits per heavy atom.